The zero-order valence-electron chi connectivity index (χ0n) is 16.8. The number of rotatable bonds is 5. The molecular weight excluding hydrogens is 456 g/mol. The van der Waals surface area contributed by atoms with Crippen molar-refractivity contribution in [1.82, 2.24) is 9.88 Å². The summed E-state index contributed by atoms with van der Waals surface area (Å²) in [4.78, 5) is 21.4. The van der Waals surface area contributed by atoms with Crippen LogP contribution in [0.4, 0.5) is 11.5 Å². The number of halogens is 1. The van der Waals surface area contributed by atoms with Gasteiger partial charge < -0.3 is 9.80 Å². The molecule has 1 N–H and O–H groups in total. The summed E-state index contributed by atoms with van der Waals surface area (Å²) < 4.78 is 28.4. The number of aryl methyl sites for hydroxylation is 1. The molecule has 2 aromatic heterocycles. The first-order valence-electron chi connectivity index (χ1n) is 9.66. The zero-order valence-corrected chi connectivity index (χ0v) is 19.2. The summed E-state index contributed by atoms with van der Waals surface area (Å²) in [5, 5.41) is 2.20. The van der Waals surface area contributed by atoms with Gasteiger partial charge in [-0.15, -0.1) is 11.3 Å². The van der Waals surface area contributed by atoms with Crippen molar-refractivity contribution in [2.75, 3.05) is 35.8 Å². The Morgan fingerprint density at radius 3 is 2.42 bits per heavy atom. The third-order valence-corrected chi connectivity index (χ3v) is 7.70. The van der Waals surface area contributed by atoms with Gasteiger partial charge in [0.15, 0.2) is 0 Å². The Hall–Kier alpha value is -2.62. The lowest BCUT2D eigenvalue weighted by Gasteiger charge is -2.35. The van der Waals surface area contributed by atoms with E-state index in [2.05, 4.69) is 14.6 Å². The van der Waals surface area contributed by atoms with Gasteiger partial charge in [-0.1, -0.05) is 29.3 Å². The van der Waals surface area contributed by atoms with Gasteiger partial charge in [-0.3, -0.25) is 9.52 Å². The van der Waals surface area contributed by atoms with Crippen LogP contribution >= 0.6 is 22.9 Å². The minimum atomic E-state index is -3.88. The minimum absolute atomic E-state index is 0.00451. The van der Waals surface area contributed by atoms with Crippen molar-refractivity contribution in [3.05, 3.63) is 69.5 Å². The van der Waals surface area contributed by atoms with Crippen LogP contribution in [0.3, 0.4) is 0 Å². The van der Waals surface area contributed by atoms with Crippen molar-refractivity contribution < 1.29 is 13.2 Å². The Bertz CT molecular complexity index is 1170. The average molecular weight is 477 g/mol. The molecule has 0 spiro atoms. The summed E-state index contributed by atoms with van der Waals surface area (Å²) >= 11 is 7.03. The molecule has 4 rings (SSSR count). The third-order valence-electron chi connectivity index (χ3n) is 5.02. The van der Waals surface area contributed by atoms with Crippen molar-refractivity contribution in [3.63, 3.8) is 0 Å². The van der Waals surface area contributed by atoms with E-state index in [1.54, 1.807) is 34.7 Å². The van der Waals surface area contributed by atoms with Crippen LogP contribution in [0, 0.1) is 6.92 Å². The van der Waals surface area contributed by atoms with Crippen LogP contribution in [0.5, 0.6) is 0 Å². The van der Waals surface area contributed by atoms with E-state index in [0.717, 1.165) is 22.7 Å². The van der Waals surface area contributed by atoms with Crippen LogP contribution in [-0.2, 0) is 10.0 Å². The number of nitrogens with zero attached hydrogens (tertiary/aromatic N) is 3. The van der Waals surface area contributed by atoms with Crippen LogP contribution in [-0.4, -0.2) is 50.4 Å². The number of aromatic nitrogens is 1. The van der Waals surface area contributed by atoms with Crippen LogP contribution in [0.25, 0.3) is 0 Å². The van der Waals surface area contributed by atoms with Gasteiger partial charge in [0.1, 0.15) is 15.6 Å². The molecule has 10 heteroatoms. The average Bonchev–Trinajstić information content (AvgIpc) is 3.27. The van der Waals surface area contributed by atoms with Gasteiger partial charge in [0, 0.05) is 38.1 Å². The number of anilines is 2. The summed E-state index contributed by atoms with van der Waals surface area (Å²) in [6, 6.07) is 12.2. The number of carbonyl (C=O) groups excluding carboxylic acids is 1. The van der Waals surface area contributed by atoms with Crippen molar-refractivity contribution in [2.24, 2.45) is 0 Å². The van der Waals surface area contributed by atoms with Crippen LogP contribution in [0.1, 0.15) is 15.2 Å². The SMILES string of the molecule is Cc1ccc(NS(=O)(=O)c2ccsc2C(=O)N2CCN(c3ccc(Cl)cn3)CC2)cc1. The number of piperazine rings is 1. The van der Waals surface area contributed by atoms with E-state index >= 15 is 0 Å². The lowest BCUT2D eigenvalue weighted by Crippen LogP contribution is -2.49. The number of sulfonamides is 1. The number of pyridine rings is 1. The second kappa shape index (κ2) is 8.86. The molecule has 1 aliphatic rings. The monoisotopic (exact) mass is 476 g/mol. The van der Waals surface area contributed by atoms with Gasteiger partial charge >= 0.3 is 0 Å². The third kappa shape index (κ3) is 4.84. The van der Waals surface area contributed by atoms with E-state index < -0.39 is 10.0 Å². The van der Waals surface area contributed by atoms with Gasteiger partial charge in [-0.2, -0.15) is 0 Å². The number of amides is 1. The second-order valence-corrected chi connectivity index (χ2v) is 10.2. The predicted octanol–water partition coefficient (Wildman–Crippen LogP) is 3.87. The number of thiophene rings is 1. The van der Waals surface area contributed by atoms with Gasteiger partial charge in [-0.25, -0.2) is 13.4 Å². The molecule has 7 nitrogen and oxygen atoms in total. The molecule has 0 saturated carbocycles. The smallest absolute Gasteiger partial charge is 0.265 e. The molecule has 0 radical (unpaired) electrons. The Morgan fingerprint density at radius 1 is 1.06 bits per heavy atom. The first-order chi connectivity index (χ1) is 14.8. The molecular formula is C21H21ClN4O3S2. The standard InChI is InChI=1S/C21H21ClN4O3S2/c1-15-2-5-17(6-3-15)24-31(28,29)18-8-13-30-20(18)21(27)26-11-9-25(10-12-26)19-7-4-16(22)14-23-19/h2-8,13-14,24H,9-12H2,1H3. The highest BCUT2D eigenvalue weighted by Crippen LogP contribution is 2.27. The molecule has 3 heterocycles. The second-order valence-electron chi connectivity index (χ2n) is 7.20. The predicted molar refractivity (Wildman–Crippen MR) is 124 cm³/mol. The summed E-state index contributed by atoms with van der Waals surface area (Å²) in [6.45, 7) is 4.10. The number of hydrogen-bond acceptors (Lipinski definition) is 6. The summed E-state index contributed by atoms with van der Waals surface area (Å²) in [5.41, 5.74) is 1.49. The summed E-state index contributed by atoms with van der Waals surface area (Å²) in [5.74, 6) is 0.529. The zero-order chi connectivity index (χ0) is 22.0. The molecule has 1 fully saturated rings. The normalized spacial score (nSPS) is 14.5. The Kier molecular flexibility index (Phi) is 6.17. The van der Waals surface area contributed by atoms with E-state index in [0.29, 0.717) is 36.9 Å². The maximum absolute atomic E-state index is 13.1. The molecule has 3 aromatic rings. The van der Waals surface area contributed by atoms with E-state index in [9.17, 15) is 13.2 Å². The highest BCUT2D eigenvalue weighted by atomic mass is 35.5. The van der Waals surface area contributed by atoms with Gasteiger partial charge in [0.05, 0.1) is 5.02 Å². The Balaban J connectivity index is 1.46. The fraction of sp³-hybridized carbons (Fsp3) is 0.238. The molecule has 1 aromatic carbocycles. The van der Waals surface area contributed by atoms with Crippen LogP contribution in [0.15, 0.2) is 58.9 Å². The topological polar surface area (TPSA) is 82.6 Å². The lowest BCUT2D eigenvalue weighted by atomic mass is 10.2. The quantitative estimate of drug-likeness (QED) is 0.604. The van der Waals surface area contributed by atoms with Crippen molar-refractivity contribution in [3.8, 4) is 0 Å². The molecule has 31 heavy (non-hydrogen) atoms. The van der Waals surface area contributed by atoms with E-state index in [4.69, 9.17) is 11.6 Å². The minimum Gasteiger partial charge on any atom is -0.353 e. The van der Waals surface area contributed by atoms with Gasteiger partial charge in [-0.05, 0) is 42.6 Å². The van der Waals surface area contributed by atoms with Gasteiger partial charge in [0.2, 0.25) is 0 Å². The molecule has 0 bridgehead atoms. The fourth-order valence-electron chi connectivity index (χ4n) is 3.33. The molecule has 0 atom stereocenters. The highest BCUT2D eigenvalue weighted by Gasteiger charge is 2.29. The first-order valence-corrected chi connectivity index (χ1v) is 12.4. The molecule has 1 aliphatic heterocycles. The largest absolute Gasteiger partial charge is 0.353 e. The number of nitrogens with one attached hydrogen (secondary N) is 1. The Labute approximate surface area is 190 Å². The van der Waals surface area contributed by atoms with E-state index in [1.807, 2.05) is 25.1 Å². The van der Waals surface area contributed by atoms with Crippen LogP contribution < -0.4 is 9.62 Å². The molecule has 1 amide bonds. The summed E-state index contributed by atoms with van der Waals surface area (Å²) in [7, 11) is -3.88. The molecule has 1 saturated heterocycles. The number of benzene rings is 1. The van der Waals surface area contributed by atoms with Crippen LogP contribution in [0.2, 0.25) is 5.02 Å². The highest BCUT2D eigenvalue weighted by molar-refractivity contribution is 7.93. The fourth-order valence-corrected chi connectivity index (χ4v) is 5.89. The van der Waals surface area contributed by atoms with E-state index in [-0.39, 0.29) is 15.7 Å². The van der Waals surface area contributed by atoms with Gasteiger partial charge in [0.25, 0.3) is 15.9 Å². The Morgan fingerprint density at radius 2 is 1.77 bits per heavy atom. The van der Waals surface area contributed by atoms with E-state index in [1.165, 1.54) is 6.07 Å². The van der Waals surface area contributed by atoms with Crippen molar-refractivity contribution >= 4 is 50.4 Å². The number of carbonyl (C=O) groups is 1. The maximum atomic E-state index is 13.1. The lowest BCUT2D eigenvalue weighted by molar-refractivity contribution is 0.0748. The molecule has 0 aliphatic carbocycles. The molecule has 162 valence electrons. The number of hydrogen-bond donors (Lipinski definition) is 1. The summed E-state index contributed by atoms with van der Waals surface area (Å²) in [6.07, 6.45) is 1.60. The van der Waals surface area contributed by atoms with Crippen molar-refractivity contribution in [2.45, 2.75) is 11.8 Å². The van der Waals surface area contributed by atoms with Crippen molar-refractivity contribution in [1.29, 1.82) is 0 Å². The molecule has 0 unspecified atom stereocenters. The first kappa shape index (κ1) is 21.6. The maximum Gasteiger partial charge on any atom is 0.265 e.